The van der Waals surface area contributed by atoms with E-state index in [4.69, 9.17) is 0 Å². The van der Waals surface area contributed by atoms with Crippen molar-refractivity contribution in [3.8, 4) is 22.4 Å². The van der Waals surface area contributed by atoms with Gasteiger partial charge in [-0.05, 0) is 50.8 Å². The summed E-state index contributed by atoms with van der Waals surface area (Å²) in [5, 5.41) is 15.7. The smallest absolute Gasteiger partial charge is 0.321 e. The van der Waals surface area contributed by atoms with Crippen LogP contribution in [0.25, 0.3) is 32.6 Å². The Hall–Kier alpha value is -3.96. The number of hydrogen-bond donors (Lipinski definition) is 3. The molecular weight excluding hydrogens is 490 g/mol. The number of nitrogens with one attached hydrogen (secondary N) is 2. The van der Waals surface area contributed by atoms with E-state index in [1.165, 1.54) is 11.3 Å². The molecule has 3 heterocycles. The predicted molar refractivity (Wildman–Crippen MR) is 145 cm³/mol. The minimum atomic E-state index is -0.936. The molecule has 10 nitrogen and oxygen atoms in total. The largest absolute Gasteiger partial charge is 0.480 e. The number of nitrogens with zero attached hydrogens (tertiary/aromatic N) is 5. The molecule has 37 heavy (non-hydrogen) atoms. The number of pyridine rings is 1. The van der Waals surface area contributed by atoms with Crippen molar-refractivity contribution in [3.63, 3.8) is 0 Å². The number of urea groups is 1. The number of anilines is 1. The summed E-state index contributed by atoms with van der Waals surface area (Å²) >= 11 is 1.38. The van der Waals surface area contributed by atoms with Gasteiger partial charge in [-0.15, -0.1) is 0 Å². The van der Waals surface area contributed by atoms with Crippen LogP contribution in [0.4, 0.5) is 9.93 Å². The molecule has 0 aliphatic heterocycles. The standard InChI is InChI=1S/C26H29N7O3S/c1-6-27-24(36)32-25-31-19-12-15(11-17(20(19)37-25)18-9-7-8-10-28-18)16-13-29-23(30-14-16)26(2,3)21(22(34)35)33(4)5/h7-14,21H,6H2,1-5H3,(H,34,35)(H2,27,31,32,36). The number of carboxylic acids is 1. The highest BCUT2D eigenvalue weighted by Gasteiger charge is 2.40. The van der Waals surface area contributed by atoms with Crippen molar-refractivity contribution in [3.05, 3.63) is 54.7 Å². The number of carbonyl (C=O) groups excluding carboxylic acids is 1. The Labute approximate surface area is 218 Å². The number of rotatable bonds is 8. The van der Waals surface area contributed by atoms with Crippen LogP contribution in [0.3, 0.4) is 0 Å². The van der Waals surface area contributed by atoms with Crippen LogP contribution < -0.4 is 10.6 Å². The number of carbonyl (C=O) groups is 2. The molecule has 0 spiro atoms. The first-order valence-electron chi connectivity index (χ1n) is 11.7. The van der Waals surface area contributed by atoms with E-state index in [1.54, 1.807) is 37.6 Å². The highest BCUT2D eigenvalue weighted by Crippen LogP contribution is 2.38. The lowest BCUT2D eigenvalue weighted by Crippen LogP contribution is -2.50. The van der Waals surface area contributed by atoms with Crippen molar-refractivity contribution in [1.82, 2.24) is 30.2 Å². The van der Waals surface area contributed by atoms with Crippen LogP contribution in [0.15, 0.2) is 48.9 Å². The van der Waals surface area contributed by atoms with E-state index in [-0.39, 0.29) is 6.03 Å². The third-order valence-corrected chi connectivity index (χ3v) is 7.00. The van der Waals surface area contributed by atoms with Crippen molar-refractivity contribution < 1.29 is 14.7 Å². The maximum Gasteiger partial charge on any atom is 0.321 e. The SMILES string of the molecule is CCNC(=O)Nc1nc2cc(-c3cnc(C(C)(C)C(C(=O)O)N(C)C)nc3)cc(-c3ccccn3)c2s1. The number of carboxylic acid groups (broad SMARTS) is 1. The molecule has 0 saturated carbocycles. The maximum atomic E-state index is 12.1. The van der Waals surface area contributed by atoms with Gasteiger partial charge in [0.15, 0.2) is 5.13 Å². The van der Waals surface area contributed by atoms with E-state index in [0.29, 0.717) is 23.0 Å². The summed E-state index contributed by atoms with van der Waals surface area (Å²) in [4.78, 5) is 43.9. The van der Waals surface area contributed by atoms with Crippen molar-refractivity contribution >= 4 is 38.7 Å². The van der Waals surface area contributed by atoms with Crippen molar-refractivity contribution in [1.29, 1.82) is 0 Å². The number of thiazole rings is 1. The summed E-state index contributed by atoms with van der Waals surface area (Å²) in [6, 6.07) is 8.50. The van der Waals surface area contributed by atoms with Gasteiger partial charge in [0.2, 0.25) is 0 Å². The first-order valence-corrected chi connectivity index (χ1v) is 12.6. The fraction of sp³-hybridized carbons (Fsp3) is 0.308. The Balaban J connectivity index is 1.77. The average molecular weight is 520 g/mol. The molecule has 1 aromatic carbocycles. The van der Waals surface area contributed by atoms with E-state index >= 15 is 0 Å². The van der Waals surface area contributed by atoms with Gasteiger partial charge in [0.25, 0.3) is 0 Å². The maximum absolute atomic E-state index is 12.1. The van der Waals surface area contributed by atoms with E-state index in [9.17, 15) is 14.7 Å². The molecule has 0 radical (unpaired) electrons. The molecule has 0 bridgehead atoms. The lowest BCUT2D eigenvalue weighted by Gasteiger charge is -2.34. The molecule has 2 amide bonds. The number of aliphatic carboxylic acids is 1. The molecule has 0 fully saturated rings. The Morgan fingerprint density at radius 1 is 1.11 bits per heavy atom. The molecule has 0 aliphatic rings. The van der Waals surface area contributed by atoms with Gasteiger partial charge in [0.05, 0.1) is 21.3 Å². The zero-order valence-corrected chi connectivity index (χ0v) is 22.1. The van der Waals surface area contributed by atoms with Crippen molar-refractivity contribution in [2.75, 3.05) is 26.0 Å². The molecular formula is C26H29N7O3S. The van der Waals surface area contributed by atoms with Gasteiger partial charge in [-0.2, -0.15) is 0 Å². The Morgan fingerprint density at radius 3 is 2.43 bits per heavy atom. The van der Waals surface area contributed by atoms with Crippen LogP contribution in [0.5, 0.6) is 0 Å². The summed E-state index contributed by atoms with van der Waals surface area (Å²) in [6.45, 7) is 6.00. The molecule has 0 saturated heterocycles. The monoisotopic (exact) mass is 519 g/mol. The zero-order valence-electron chi connectivity index (χ0n) is 21.3. The van der Waals surface area contributed by atoms with Gasteiger partial charge in [-0.3, -0.25) is 20.0 Å². The molecule has 3 N–H and O–H groups in total. The first-order chi connectivity index (χ1) is 17.6. The summed E-state index contributed by atoms with van der Waals surface area (Å²) in [5.41, 5.74) is 3.11. The number of fused-ring (bicyclic) bond motifs is 1. The van der Waals surface area contributed by atoms with Crippen molar-refractivity contribution in [2.45, 2.75) is 32.2 Å². The fourth-order valence-electron chi connectivity index (χ4n) is 4.37. The van der Waals surface area contributed by atoms with Gasteiger partial charge in [-0.1, -0.05) is 31.3 Å². The van der Waals surface area contributed by atoms with Crippen LogP contribution in [0.1, 0.15) is 26.6 Å². The Bertz CT molecular complexity index is 1420. The van der Waals surface area contributed by atoms with Crippen LogP contribution in [-0.4, -0.2) is 68.6 Å². The first kappa shape index (κ1) is 26.1. The molecule has 1 atom stereocenters. The van der Waals surface area contributed by atoms with Crippen LogP contribution in [-0.2, 0) is 10.2 Å². The second-order valence-electron chi connectivity index (χ2n) is 9.31. The Morgan fingerprint density at radius 2 is 1.84 bits per heavy atom. The molecule has 0 aliphatic carbocycles. The van der Waals surface area contributed by atoms with E-state index in [1.807, 2.05) is 51.1 Å². The summed E-state index contributed by atoms with van der Waals surface area (Å²) < 4.78 is 0.892. The van der Waals surface area contributed by atoms with Gasteiger partial charge in [0, 0.05) is 36.3 Å². The molecule has 3 aromatic heterocycles. The second-order valence-corrected chi connectivity index (χ2v) is 10.3. The minimum Gasteiger partial charge on any atom is -0.480 e. The number of aromatic nitrogens is 4. The van der Waals surface area contributed by atoms with Crippen LogP contribution >= 0.6 is 11.3 Å². The van der Waals surface area contributed by atoms with Crippen LogP contribution in [0, 0.1) is 0 Å². The van der Waals surface area contributed by atoms with Crippen LogP contribution in [0.2, 0.25) is 0 Å². The highest BCUT2D eigenvalue weighted by atomic mass is 32.1. The molecule has 192 valence electrons. The summed E-state index contributed by atoms with van der Waals surface area (Å²) in [7, 11) is 3.46. The summed E-state index contributed by atoms with van der Waals surface area (Å²) in [6.07, 6.45) is 5.12. The van der Waals surface area contributed by atoms with Gasteiger partial charge < -0.3 is 10.4 Å². The topological polar surface area (TPSA) is 133 Å². The molecule has 11 heteroatoms. The predicted octanol–water partition coefficient (Wildman–Crippen LogP) is 4.25. The summed E-state index contributed by atoms with van der Waals surface area (Å²) in [5.74, 6) is -0.501. The van der Waals surface area contributed by atoms with Crippen molar-refractivity contribution in [2.24, 2.45) is 0 Å². The molecule has 4 aromatic rings. The third kappa shape index (κ3) is 5.42. The number of amides is 2. The number of benzene rings is 1. The highest BCUT2D eigenvalue weighted by molar-refractivity contribution is 7.22. The molecule has 1 unspecified atom stereocenters. The van der Waals surface area contributed by atoms with E-state index in [2.05, 4.69) is 30.6 Å². The lowest BCUT2D eigenvalue weighted by molar-refractivity contribution is -0.144. The van der Waals surface area contributed by atoms with E-state index < -0.39 is 17.4 Å². The quantitative estimate of drug-likeness (QED) is 0.315. The third-order valence-electron chi connectivity index (χ3n) is 5.98. The van der Waals surface area contributed by atoms with E-state index in [0.717, 1.165) is 27.1 Å². The lowest BCUT2D eigenvalue weighted by atomic mass is 9.82. The minimum absolute atomic E-state index is 0.315. The second kappa shape index (κ2) is 10.6. The average Bonchev–Trinajstić information content (AvgIpc) is 3.25. The number of likely N-dealkylation sites (N-methyl/N-ethyl adjacent to an activating group) is 1. The Kier molecular flexibility index (Phi) is 7.46. The normalized spacial score (nSPS) is 12.5. The van der Waals surface area contributed by atoms with Gasteiger partial charge in [0.1, 0.15) is 11.9 Å². The van der Waals surface area contributed by atoms with Gasteiger partial charge >= 0.3 is 12.0 Å². The fourth-order valence-corrected chi connectivity index (χ4v) is 5.34. The zero-order chi connectivity index (χ0) is 26.7. The molecule has 4 rings (SSSR count). The van der Waals surface area contributed by atoms with Gasteiger partial charge in [-0.25, -0.2) is 19.7 Å². The number of hydrogen-bond acceptors (Lipinski definition) is 8.